The Morgan fingerprint density at radius 1 is 1.10 bits per heavy atom. The fourth-order valence-corrected chi connectivity index (χ4v) is 3.39. The number of rotatable bonds is 9. The zero-order chi connectivity index (χ0) is 20.6. The van der Waals surface area contributed by atoms with Gasteiger partial charge in [0.1, 0.15) is 5.75 Å². The van der Waals surface area contributed by atoms with Crippen molar-refractivity contribution in [3.63, 3.8) is 0 Å². The molecule has 150 valence electrons. The van der Waals surface area contributed by atoms with E-state index in [9.17, 15) is 4.79 Å². The largest absolute Gasteiger partial charge is 0.497 e. The van der Waals surface area contributed by atoms with Gasteiger partial charge in [-0.2, -0.15) is 0 Å². The molecule has 0 aliphatic carbocycles. The van der Waals surface area contributed by atoms with Gasteiger partial charge in [0.05, 0.1) is 20.1 Å². The molecule has 0 saturated carbocycles. The first-order chi connectivity index (χ1) is 14.1. The van der Waals surface area contributed by atoms with E-state index in [4.69, 9.17) is 4.74 Å². The molecule has 0 saturated heterocycles. The summed E-state index contributed by atoms with van der Waals surface area (Å²) in [6.07, 6.45) is 4.20. The van der Waals surface area contributed by atoms with Gasteiger partial charge in [0.2, 0.25) is 5.91 Å². The van der Waals surface area contributed by atoms with E-state index in [1.54, 1.807) is 13.2 Å². The van der Waals surface area contributed by atoms with Crippen LogP contribution >= 0.6 is 0 Å². The molecule has 0 aliphatic rings. The van der Waals surface area contributed by atoms with E-state index in [-0.39, 0.29) is 5.91 Å². The zero-order valence-electron chi connectivity index (χ0n) is 17.2. The van der Waals surface area contributed by atoms with Gasteiger partial charge in [0.15, 0.2) is 0 Å². The second-order valence-electron chi connectivity index (χ2n) is 7.20. The molecule has 0 N–H and O–H groups in total. The van der Waals surface area contributed by atoms with E-state index in [2.05, 4.69) is 54.6 Å². The molecule has 3 rings (SSSR count). The molecular formula is C25H28N2O2. The normalized spacial score (nSPS) is 10.6. The number of aromatic nitrogens is 1. The summed E-state index contributed by atoms with van der Waals surface area (Å²) < 4.78 is 7.39. The number of carbonyl (C=O) groups is 1. The lowest BCUT2D eigenvalue weighted by Crippen LogP contribution is -2.32. The first kappa shape index (κ1) is 20.5. The molecule has 4 heteroatoms. The maximum absolute atomic E-state index is 12.9. The molecule has 1 aromatic heterocycles. The van der Waals surface area contributed by atoms with Crippen molar-refractivity contribution in [2.24, 2.45) is 0 Å². The molecule has 0 bridgehead atoms. The molecule has 1 amide bonds. The Morgan fingerprint density at radius 2 is 1.90 bits per heavy atom. The van der Waals surface area contributed by atoms with Gasteiger partial charge in [-0.05, 0) is 42.3 Å². The third-order valence-corrected chi connectivity index (χ3v) is 4.93. The molecule has 0 aliphatic heterocycles. The molecule has 2 aromatic carbocycles. The van der Waals surface area contributed by atoms with Crippen LogP contribution in [0.5, 0.6) is 5.75 Å². The lowest BCUT2D eigenvalue weighted by Gasteiger charge is -2.22. The highest BCUT2D eigenvalue weighted by atomic mass is 16.5. The first-order valence-corrected chi connectivity index (χ1v) is 9.80. The second-order valence-corrected chi connectivity index (χ2v) is 7.20. The molecule has 1 heterocycles. The Bertz CT molecular complexity index is 957. The van der Waals surface area contributed by atoms with Gasteiger partial charge >= 0.3 is 0 Å². The van der Waals surface area contributed by atoms with Crippen molar-refractivity contribution in [2.75, 3.05) is 13.7 Å². The van der Waals surface area contributed by atoms with Crippen LogP contribution in [0.4, 0.5) is 0 Å². The lowest BCUT2D eigenvalue weighted by atomic mass is 10.1. The summed E-state index contributed by atoms with van der Waals surface area (Å²) in [5.41, 5.74) is 4.58. The summed E-state index contributed by atoms with van der Waals surface area (Å²) >= 11 is 0. The van der Waals surface area contributed by atoms with Crippen LogP contribution in [0.3, 0.4) is 0 Å². The molecule has 29 heavy (non-hydrogen) atoms. The van der Waals surface area contributed by atoms with Crippen molar-refractivity contribution in [1.29, 1.82) is 0 Å². The highest BCUT2D eigenvalue weighted by Gasteiger charge is 2.15. The van der Waals surface area contributed by atoms with Crippen molar-refractivity contribution in [1.82, 2.24) is 9.47 Å². The Labute approximate surface area is 173 Å². The van der Waals surface area contributed by atoms with E-state index in [1.165, 1.54) is 11.1 Å². The molecule has 4 nitrogen and oxygen atoms in total. The van der Waals surface area contributed by atoms with Crippen LogP contribution in [0, 0.1) is 6.92 Å². The van der Waals surface area contributed by atoms with E-state index in [1.807, 2.05) is 35.2 Å². The zero-order valence-corrected chi connectivity index (χ0v) is 17.2. The van der Waals surface area contributed by atoms with Crippen molar-refractivity contribution < 1.29 is 9.53 Å². The molecule has 0 atom stereocenters. The molecule has 0 spiro atoms. The quantitative estimate of drug-likeness (QED) is 0.502. The number of hydrogen-bond acceptors (Lipinski definition) is 2. The topological polar surface area (TPSA) is 34.5 Å². The summed E-state index contributed by atoms with van der Waals surface area (Å²) in [5, 5.41) is 0. The van der Waals surface area contributed by atoms with Crippen LogP contribution in [0.1, 0.15) is 22.4 Å². The maximum Gasteiger partial charge on any atom is 0.227 e. The Balaban J connectivity index is 1.70. The predicted molar refractivity (Wildman–Crippen MR) is 117 cm³/mol. The molecule has 0 unspecified atom stereocenters. The number of amides is 1. The molecular weight excluding hydrogens is 360 g/mol. The number of carbonyl (C=O) groups excluding carboxylic acids is 1. The minimum Gasteiger partial charge on any atom is -0.497 e. The maximum atomic E-state index is 12.9. The van der Waals surface area contributed by atoms with Crippen LogP contribution in [-0.4, -0.2) is 29.0 Å². The van der Waals surface area contributed by atoms with Crippen molar-refractivity contribution in [3.8, 4) is 5.75 Å². The average molecular weight is 389 g/mol. The Kier molecular flexibility index (Phi) is 6.90. The van der Waals surface area contributed by atoms with Crippen LogP contribution in [0.25, 0.3) is 0 Å². The van der Waals surface area contributed by atoms with Crippen molar-refractivity contribution in [3.05, 3.63) is 102 Å². The summed E-state index contributed by atoms with van der Waals surface area (Å²) in [6.45, 7) is 7.79. The van der Waals surface area contributed by atoms with Gasteiger partial charge in [-0.15, -0.1) is 6.58 Å². The molecule has 3 aromatic rings. The van der Waals surface area contributed by atoms with E-state index in [0.717, 1.165) is 23.6 Å². The summed E-state index contributed by atoms with van der Waals surface area (Å²) in [4.78, 5) is 14.8. The van der Waals surface area contributed by atoms with E-state index < -0.39 is 0 Å². The number of nitrogens with zero attached hydrogens (tertiary/aromatic N) is 2. The third-order valence-electron chi connectivity index (χ3n) is 4.93. The lowest BCUT2D eigenvalue weighted by molar-refractivity contribution is -0.130. The fourth-order valence-electron chi connectivity index (χ4n) is 3.39. The van der Waals surface area contributed by atoms with Crippen LogP contribution in [0.2, 0.25) is 0 Å². The van der Waals surface area contributed by atoms with E-state index >= 15 is 0 Å². The van der Waals surface area contributed by atoms with E-state index in [0.29, 0.717) is 19.5 Å². The highest BCUT2D eigenvalue weighted by molar-refractivity contribution is 5.79. The highest BCUT2D eigenvalue weighted by Crippen LogP contribution is 2.15. The summed E-state index contributed by atoms with van der Waals surface area (Å²) in [6, 6.07) is 20.2. The SMILES string of the molecule is C=CCN(Cc1cccn1Cc1cccc(C)c1)C(=O)Cc1ccc(OC)cc1. The van der Waals surface area contributed by atoms with Gasteiger partial charge in [-0.3, -0.25) is 4.79 Å². The minimum atomic E-state index is 0.0818. The monoisotopic (exact) mass is 388 g/mol. The van der Waals surface area contributed by atoms with Gasteiger partial charge in [0.25, 0.3) is 0 Å². The van der Waals surface area contributed by atoms with Crippen molar-refractivity contribution >= 4 is 5.91 Å². The predicted octanol–water partition coefficient (Wildman–Crippen LogP) is 4.61. The first-order valence-electron chi connectivity index (χ1n) is 9.80. The van der Waals surface area contributed by atoms with Gasteiger partial charge in [-0.25, -0.2) is 0 Å². The van der Waals surface area contributed by atoms with Crippen LogP contribution < -0.4 is 4.74 Å². The smallest absolute Gasteiger partial charge is 0.227 e. The second kappa shape index (κ2) is 9.78. The average Bonchev–Trinajstić information content (AvgIpc) is 3.15. The standard InChI is InChI=1S/C25H28N2O2/c1-4-14-27(25(28)17-21-10-12-24(29-3)13-11-21)19-23-9-6-15-26(23)18-22-8-5-7-20(2)16-22/h4-13,15-16H,1,14,17-19H2,2-3H3. The van der Waals surface area contributed by atoms with Crippen LogP contribution in [-0.2, 0) is 24.3 Å². The van der Waals surface area contributed by atoms with Crippen molar-refractivity contribution in [2.45, 2.75) is 26.4 Å². The molecule has 0 fully saturated rings. The molecule has 0 radical (unpaired) electrons. The van der Waals surface area contributed by atoms with Gasteiger partial charge in [0, 0.05) is 25.0 Å². The third kappa shape index (κ3) is 5.61. The minimum absolute atomic E-state index is 0.0818. The number of methoxy groups -OCH3 is 1. The Morgan fingerprint density at radius 3 is 2.59 bits per heavy atom. The van der Waals surface area contributed by atoms with Gasteiger partial charge in [-0.1, -0.05) is 48.0 Å². The number of hydrogen-bond donors (Lipinski definition) is 0. The van der Waals surface area contributed by atoms with Crippen LogP contribution in [0.15, 0.2) is 79.5 Å². The Hall–Kier alpha value is -3.27. The summed E-state index contributed by atoms with van der Waals surface area (Å²) in [7, 11) is 1.64. The van der Waals surface area contributed by atoms with Gasteiger partial charge < -0.3 is 14.2 Å². The number of ether oxygens (including phenoxy) is 1. The summed E-state index contributed by atoms with van der Waals surface area (Å²) in [5.74, 6) is 0.872. The fraction of sp³-hybridized carbons (Fsp3) is 0.240. The number of aryl methyl sites for hydroxylation is 1. The number of benzene rings is 2.